The van der Waals surface area contributed by atoms with Gasteiger partial charge in [0, 0.05) is 0 Å². The maximum Gasteiger partial charge on any atom is 0.335 e. The molecule has 0 bridgehead atoms. The fraction of sp³-hybridized carbons (Fsp3) is 0.188. The number of halogens is 1. The highest BCUT2D eigenvalue weighted by molar-refractivity contribution is 6.32. The highest BCUT2D eigenvalue weighted by atomic mass is 35.5. The summed E-state index contributed by atoms with van der Waals surface area (Å²) < 4.78 is 5.60. The lowest BCUT2D eigenvalue weighted by atomic mass is 10.1. The monoisotopic (exact) mass is 306 g/mol. The van der Waals surface area contributed by atoms with Crippen molar-refractivity contribution in [2.75, 3.05) is 0 Å². The number of carboxylic acids is 1. The third-order valence-corrected chi connectivity index (χ3v) is 3.33. The number of hydrogen-bond donors (Lipinski definition) is 2. The molecular weight excluding hydrogens is 292 g/mol. The molecule has 0 aliphatic rings. The molecule has 0 saturated heterocycles. The molecule has 110 valence electrons. The fourth-order valence-electron chi connectivity index (χ4n) is 1.80. The lowest BCUT2D eigenvalue weighted by Gasteiger charge is -2.11. The minimum atomic E-state index is -0.959. The molecular formula is C16H15ClO4. The first-order valence-electron chi connectivity index (χ1n) is 6.40. The molecule has 2 aromatic rings. The summed E-state index contributed by atoms with van der Waals surface area (Å²) >= 11 is 6.09. The van der Waals surface area contributed by atoms with E-state index in [1.807, 2.05) is 0 Å². The minimum absolute atomic E-state index is 0.234. The number of aliphatic hydroxyl groups is 1. The van der Waals surface area contributed by atoms with E-state index in [0.29, 0.717) is 10.8 Å². The van der Waals surface area contributed by atoms with Gasteiger partial charge in [0.05, 0.1) is 16.7 Å². The molecule has 5 heteroatoms. The highest BCUT2D eigenvalue weighted by Crippen LogP contribution is 2.28. The van der Waals surface area contributed by atoms with Crippen molar-refractivity contribution >= 4 is 17.6 Å². The number of ether oxygens (including phenoxy) is 1. The van der Waals surface area contributed by atoms with Gasteiger partial charge < -0.3 is 14.9 Å². The Balaban J connectivity index is 2.04. The fourth-order valence-corrected chi connectivity index (χ4v) is 2.04. The van der Waals surface area contributed by atoms with Crippen LogP contribution in [0.2, 0.25) is 5.02 Å². The van der Waals surface area contributed by atoms with Gasteiger partial charge >= 0.3 is 5.97 Å². The van der Waals surface area contributed by atoms with Crippen LogP contribution in [0.5, 0.6) is 5.75 Å². The van der Waals surface area contributed by atoms with Crippen molar-refractivity contribution in [1.82, 2.24) is 0 Å². The standard InChI is InChI=1S/C16H15ClO4/c1-10(18)13-6-7-15(14(17)8-13)21-9-11-2-4-12(5-3-11)16(19)20/h2-8,10,18H,9H2,1H3,(H,19,20)/t10-/m1/s1. The number of hydrogen-bond acceptors (Lipinski definition) is 3. The van der Waals surface area contributed by atoms with Crippen LogP contribution >= 0.6 is 11.6 Å². The molecule has 2 aromatic carbocycles. The van der Waals surface area contributed by atoms with Crippen molar-refractivity contribution in [1.29, 1.82) is 0 Å². The number of rotatable bonds is 5. The van der Waals surface area contributed by atoms with E-state index in [9.17, 15) is 9.90 Å². The normalized spacial score (nSPS) is 12.0. The molecule has 0 aliphatic heterocycles. The third kappa shape index (κ3) is 3.97. The molecule has 0 saturated carbocycles. The van der Waals surface area contributed by atoms with Crippen LogP contribution in [0.4, 0.5) is 0 Å². The van der Waals surface area contributed by atoms with Gasteiger partial charge in [-0.2, -0.15) is 0 Å². The average Bonchev–Trinajstić information content (AvgIpc) is 2.46. The van der Waals surface area contributed by atoms with Crippen LogP contribution < -0.4 is 4.74 Å². The summed E-state index contributed by atoms with van der Waals surface area (Å²) in [7, 11) is 0. The topological polar surface area (TPSA) is 66.8 Å². The van der Waals surface area contributed by atoms with Crippen molar-refractivity contribution in [2.45, 2.75) is 19.6 Å². The van der Waals surface area contributed by atoms with Gasteiger partial charge in [-0.05, 0) is 42.3 Å². The van der Waals surface area contributed by atoms with Gasteiger partial charge in [0.2, 0.25) is 0 Å². The summed E-state index contributed by atoms with van der Waals surface area (Å²) in [6, 6.07) is 11.6. The van der Waals surface area contributed by atoms with Gasteiger partial charge in [-0.3, -0.25) is 0 Å². The summed E-state index contributed by atoms with van der Waals surface area (Å²) in [5, 5.41) is 18.7. The maximum absolute atomic E-state index is 10.8. The van der Waals surface area contributed by atoms with Gasteiger partial charge in [-0.1, -0.05) is 29.8 Å². The van der Waals surface area contributed by atoms with Crippen molar-refractivity contribution in [3.8, 4) is 5.75 Å². The molecule has 0 fully saturated rings. The van der Waals surface area contributed by atoms with E-state index >= 15 is 0 Å². The van der Waals surface area contributed by atoms with Crippen LogP contribution in [-0.4, -0.2) is 16.2 Å². The van der Waals surface area contributed by atoms with E-state index in [-0.39, 0.29) is 12.2 Å². The third-order valence-electron chi connectivity index (χ3n) is 3.03. The van der Waals surface area contributed by atoms with Gasteiger partial charge in [0.1, 0.15) is 12.4 Å². The molecule has 0 heterocycles. The van der Waals surface area contributed by atoms with Crippen LogP contribution in [0.3, 0.4) is 0 Å². The summed E-state index contributed by atoms with van der Waals surface area (Å²) in [6.07, 6.45) is -0.583. The van der Waals surface area contributed by atoms with E-state index in [1.54, 1.807) is 37.3 Å². The van der Waals surface area contributed by atoms with Crippen LogP contribution in [-0.2, 0) is 6.61 Å². The Morgan fingerprint density at radius 3 is 2.43 bits per heavy atom. The van der Waals surface area contributed by atoms with Crippen LogP contribution in [0.1, 0.15) is 34.5 Å². The zero-order valence-corrected chi connectivity index (χ0v) is 12.2. The first-order valence-corrected chi connectivity index (χ1v) is 6.77. The van der Waals surface area contributed by atoms with Gasteiger partial charge in [0.25, 0.3) is 0 Å². The van der Waals surface area contributed by atoms with Gasteiger partial charge in [-0.25, -0.2) is 4.79 Å². The molecule has 2 rings (SSSR count). The van der Waals surface area contributed by atoms with E-state index in [2.05, 4.69) is 0 Å². The number of carboxylic acid groups (broad SMARTS) is 1. The number of aromatic carboxylic acids is 1. The first kappa shape index (κ1) is 15.4. The van der Waals surface area contributed by atoms with E-state index in [4.69, 9.17) is 21.4 Å². The Morgan fingerprint density at radius 2 is 1.90 bits per heavy atom. The second-order valence-corrected chi connectivity index (χ2v) is 5.06. The molecule has 0 aromatic heterocycles. The Labute approximate surface area is 127 Å². The smallest absolute Gasteiger partial charge is 0.335 e. The molecule has 0 aliphatic carbocycles. The SMILES string of the molecule is C[C@@H](O)c1ccc(OCc2ccc(C(=O)O)cc2)c(Cl)c1. The number of benzene rings is 2. The Kier molecular flexibility index (Phi) is 4.83. The molecule has 0 amide bonds. The molecule has 0 radical (unpaired) electrons. The Morgan fingerprint density at radius 1 is 1.24 bits per heavy atom. The summed E-state index contributed by atoms with van der Waals surface area (Å²) in [4.78, 5) is 10.8. The Hall–Kier alpha value is -2.04. The molecule has 21 heavy (non-hydrogen) atoms. The molecule has 2 N–H and O–H groups in total. The summed E-state index contributed by atoms with van der Waals surface area (Å²) in [5.41, 5.74) is 1.80. The molecule has 0 spiro atoms. The second-order valence-electron chi connectivity index (χ2n) is 4.66. The van der Waals surface area contributed by atoms with Gasteiger partial charge in [-0.15, -0.1) is 0 Å². The van der Waals surface area contributed by atoms with Crippen LogP contribution in [0.25, 0.3) is 0 Å². The van der Waals surface area contributed by atoms with Crippen molar-refractivity contribution in [3.05, 3.63) is 64.2 Å². The molecule has 1 atom stereocenters. The quantitative estimate of drug-likeness (QED) is 0.884. The maximum atomic E-state index is 10.8. The first-order chi connectivity index (χ1) is 9.97. The summed E-state index contributed by atoms with van der Waals surface area (Å²) in [5.74, 6) is -0.442. The van der Waals surface area contributed by atoms with Crippen molar-refractivity contribution in [3.63, 3.8) is 0 Å². The van der Waals surface area contributed by atoms with E-state index < -0.39 is 12.1 Å². The Bertz CT molecular complexity index is 635. The predicted octanol–water partition coefficient (Wildman–Crippen LogP) is 3.67. The largest absolute Gasteiger partial charge is 0.487 e. The lowest BCUT2D eigenvalue weighted by molar-refractivity contribution is 0.0697. The zero-order chi connectivity index (χ0) is 15.4. The zero-order valence-electron chi connectivity index (χ0n) is 11.4. The average molecular weight is 307 g/mol. The van der Waals surface area contributed by atoms with Gasteiger partial charge in [0.15, 0.2) is 0 Å². The van der Waals surface area contributed by atoms with Crippen LogP contribution in [0, 0.1) is 0 Å². The molecule has 0 unspecified atom stereocenters. The minimum Gasteiger partial charge on any atom is -0.487 e. The molecule has 4 nitrogen and oxygen atoms in total. The van der Waals surface area contributed by atoms with Crippen molar-refractivity contribution < 1.29 is 19.7 Å². The summed E-state index contributed by atoms with van der Waals surface area (Å²) in [6.45, 7) is 1.95. The number of carbonyl (C=O) groups is 1. The highest BCUT2D eigenvalue weighted by Gasteiger charge is 2.07. The van der Waals surface area contributed by atoms with Crippen molar-refractivity contribution in [2.24, 2.45) is 0 Å². The van der Waals surface area contributed by atoms with E-state index in [1.165, 1.54) is 12.1 Å². The van der Waals surface area contributed by atoms with E-state index in [0.717, 1.165) is 11.1 Å². The number of aliphatic hydroxyl groups excluding tert-OH is 1. The predicted molar refractivity (Wildman–Crippen MR) is 79.8 cm³/mol. The lowest BCUT2D eigenvalue weighted by Crippen LogP contribution is -1.99. The second kappa shape index (κ2) is 6.61. The van der Waals surface area contributed by atoms with Crippen LogP contribution in [0.15, 0.2) is 42.5 Å².